The largest absolute Gasteiger partial charge is 0.514 e. The molecule has 0 saturated heterocycles. The van der Waals surface area contributed by atoms with Crippen LogP contribution in [0.5, 0.6) is 17.2 Å². The number of aliphatic hydroxyl groups excluding tert-OH is 1. The van der Waals surface area contributed by atoms with Crippen LogP contribution >= 0.6 is 0 Å². The van der Waals surface area contributed by atoms with E-state index in [1.807, 2.05) is 0 Å². The van der Waals surface area contributed by atoms with E-state index in [-0.39, 0.29) is 36.9 Å². The molecule has 0 saturated carbocycles. The first-order valence-electron chi connectivity index (χ1n) is 8.87. The van der Waals surface area contributed by atoms with E-state index in [1.54, 1.807) is 45.0 Å². The van der Waals surface area contributed by atoms with Crippen LogP contribution in [0.25, 0.3) is 11.1 Å². The SMILES string of the molecule is CCOC(=O)Oc1c(C)nc(C)c(OC(=O)OCCO)c1-c1ccccc1OC. The van der Waals surface area contributed by atoms with Gasteiger partial charge in [-0.2, -0.15) is 0 Å². The van der Waals surface area contributed by atoms with Crippen molar-refractivity contribution >= 4 is 12.3 Å². The molecule has 0 unspecified atom stereocenters. The van der Waals surface area contributed by atoms with Gasteiger partial charge < -0.3 is 28.8 Å². The lowest BCUT2D eigenvalue weighted by Gasteiger charge is -2.19. The quantitative estimate of drug-likeness (QED) is 0.692. The van der Waals surface area contributed by atoms with Crippen LogP contribution in [0.2, 0.25) is 0 Å². The Balaban J connectivity index is 2.68. The summed E-state index contributed by atoms with van der Waals surface area (Å²) < 4.78 is 25.8. The van der Waals surface area contributed by atoms with Gasteiger partial charge >= 0.3 is 12.3 Å². The van der Waals surface area contributed by atoms with Crippen LogP contribution in [0.15, 0.2) is 24.3 Å². The van der Waals surface area contributed by atoms with Gasteiger partial charge in [0.05, 0.1) is 37.3 Å². The molecule has 0 aliphatic heterocycles. The zero-order valence-electron chi connectivity index (χ0n) is 16.7. The Hall–Kier alpha value is -3.33. The molecular weight excluding hydrogens is 382 g/mol. The Bertz CT molecular complexity index is 881. The lowest BCUT2D eigenvalue weighted by atomic mass is 10.0. The zero-order valence-corrected chi connectivity index (χ0v) is 16.7. The van der Waals surface area contributed by atoms with Gasteiger partial charge in [-0.3, -0.25) is 4.98 Å². The monoisotopic (exact) mass is 405 g/mol. The maximum absolute atomic E-state index is 12.0. The van der Waals surface area contributed by atoms with Crippen LogP contribution < -0.4 is 14.2 Å². The third-order valence-corrected chi connectivity index (χ3v) is 3.77. The van der Waals surface area contributed by atoms with E-state index in [0.717, 1.165) is 0 Å². The maximum Gasteiger partial charge on any atom is 0.514 e. The van der Waals surface area contributed by atoms with Crippen LogP contribution in [0.4, 0.5) is 9.59 Å². The molecule has 156 valence electrons. The molecule has 2 aromatic rings. The molecule has 0 bridgehead atoms. The third kappa shape index (κ3) is 5.35. The molecule has 29 heavy (non-hydrogen) atoms. The molecule has 0 spiro atoms. The molecular formula is C20H23NO8. The highest BCUT2D eigenvalue weighted by Gasteiger charge is 2.26. The lowest BCUT2D eigenvalue weighted by molar-refractivity contribution is 0.0804. The number of aryl methyl sites for hydroxylation is 2. The first-order valence-corrected chi connectivity index (χ1v) is 8.87. The number of carbonyl (C=O) groups excluding carboxylic acids is 2. The number of aromatic nitrogens is 1. The summed E-state index contributed by atoms with van der Waals surface area (Å²) in [7, 11) is 1.49. The Morgan fingerprint density at radius 3 is 2.14 bits per heavy atom. The minimum atomic E-state index is -1.04. The highest BCUT2D eigenvalue weighted by molar-refractivity contribution is 5.86. The fourth-order valence-corrected chi connectivity index (χ4v) is 2.64. The molecule has 0 amide bonds. The number of para-hydroxylation sites is 1. The predicted molar refractivity (Wildman–Crippen MR) is 102 cm³/mol. The minimum absolute atomic E-state index is 0.0299. The Labute approximate surface area is 168 Å². The van der Waals surface area contributed by atoms with Crippen molar-refractivity contribution in [2.45, 2.75) is 20.8 Å². The summed E-state index contributed by atoms with van der Waals surface area (Å²) in [6.45, 7) is 4.47. The number of rotatable bonds is 7. The number of ether oxygens (including phenoxy) is 5. The number of hydrogen-bond acceptors (Lipinski definition) is 9. The number of methoxy groups -OCH3 is 1. The molecule has 1 aromatic carbocycles. The standard InChI is InChI=1S/C20H23NO8/c1-5-26-19(23)28-17-12(2)21-13(3)18(29-20(24)27-11-10-22)16(17)14-8-6-7-9-15(14)25-4/h6-9,22H,5,10-11H2,1-4H3. The zero-order chi connectivity index (χ0) is 21.4. The molecule has 0 aliphatic rings. The molecule has 0 atom stereocenters. The van der Waals surface area contributed by atoms with Crippen LogP contribution in [0.3, 0.4) is 0 Å². The van der Waals surface area contributed by atoms with Gasteiger partial charge in [-0.25, -0.2) is 9.59 Å². The average Bonchev–Trinajstić information content (AvgIpc) is 2.70. The van der Waals surface area contributed by atoms with Gasteiger partial charge in [0.2, 0.25) is 0 Å². The molecule has 1 N–H and O–H groups in total. The van der Waals surface area contributed by atoms with Crippen molar-refractivity contribution in [2.75, 3.05) is 26.9 Å². The third-order valence-electron chi connectivity index (χ3n) is 3.77. The van der Waals surface area contributed by atoms with Crippen LogP contribution in [-0.2, 0) is 9.47 Å². The summed E-state index contributed by atoms with van der Waals surface area (Å²) in [5, 5.41) is 8.83. The second-order valence-electron chi connectivity index (χ2n) is 5.73. The van der Waals surface area contributed by atoms with Crippen molar-refractivity contribution < 1.29 is 38.4 Å². The fraction of sp³-hybridized carbons (Fsp3) is 0.350. The van der Waals surface area contributed by atoms with Gasteiger partial charge in [-0.1, -0.05) is 18.2 Å². The summed E-state index contributed by atoms with van der Waals surface area (Å²) >= 11 is 0. The number of carbonyl (C=O) groups is 2. The van der Waals surface area contributed by atoms with Crippen molar-refractivity contribution in [1.82, 2.24) is 4.98 Å². The second kappa shape index (κ2) is 10.3. The van der Waals surface area contributed by atoms with Gasteiger partial charge in [0.1, 0.15) is 12.4 Å². The van der Waals surface area contributed by atoms with Crippen molar-refractivity contribution in [2.24, 2.45) is 0 Å². The smallest absolute Gasteiger partial charge is 0.496 e. The fourth-order valence-electron chi connectivity index (χ4n) is 2.64. The first kappa shape index (κ1) is 22.0. The van der Waals surface area contributed by atoms with E-state index in [1.165, 1.54) is 7.11 Å². The molecule has 1 heterocycles. The molecule has 2 rings (SSSR count). The summed E-state index contributed by atoms with van der Waals surface area (Å²) in [6, 6.07) is 6.95. The lowest BCUT2D eigenvalue weighted by Crippen LogP contribution is -2.17. The molecule has 0 radical (unpaired) electrons. The summed E-state index contributed by atoms with van der Waals surface area (Å²) in [5.74, 6) is 0.547. The number of hydrogen-bond donors (Lipinski definition) is 1. The van der Waals surface area contributed by atoms with E-state index in [9.17, 15) is 9.59 Å². The van der Waals surface area contributed by atoms with Crippen LogP contribution in [0.1, 0.15) is 18.3 Å². The highest BCUT2D eigenvalue weighted by atomic mass is 16.7. The van der Waals surface area contributed by atoms with Crippen LogP contribution in [-0.4, -0.2) is 49.3 Å². The van der Waals surface area contributed by atoms with Gasteiger partial charge in [0, 0.05) is 5.56 Å². The van der Waals surface area contributed by atoms with E-state index < -0.39 is 12.3 Å². The predicted octanol–water partition coefficient (Wildman–Crippen LogP) is 3.42. The Morgan fingerprint density at radius 2 is 1.59 bits per heavy atom. The Kier molecular flexibility index (Phi) is 7.79. The number of benzene rings is 1. The van der Waals surface area contributed by atoms with Gasteiger partial charge in [0.15, 0.2) is 11.5 Å². The first-order chi connectivity index (χ1) is 13.9. The molecule has 0 fully saturated rings. The van der Waals surface area contributed by atoms with Gasteiger partial charge in [0.25, 0.3) is 0 Å². The van der Waals surface area contributed by atoms with Gasteiger partial charge in [-0.05, 0) is 26.8 Å². The van der Waals surface area contributed by atoms with Crippen molar-refractivity contribution in [3.05, 3.63) is 35.7 Å². The van der Waals surface area contributed by atoms with E-state index in [4.69, 9.17) is 28.8 Å². The maximum atomic E-state index is 12.0. The summed E-state index contributed by atoms with van der Waals surface area (Å²) in [4.78, 5) is 28.3. The van der Waals surface area contributed by atoms with E-state index >= 15 is 0 Å². The second-order valence-corrected chi connectivity index (χ2v) is 5.73. The molecule has 9 heteroatoms. The van der Waals surface area contributed by atoms with Crippen molar-refractivity contribution in [1.29, 1.82) is 0 Å². The topological polar surface area (TPSA) is 113 Å². The normalized spacial score (nSPS) is 10.2. The summed E-state index contributed by atoms with van der Waals surface area (Å²) in [6.07, 6.45) is -1.96. The highest BCUT2D eigenvalue weighted by Crippen LogP contribution is 2.45. The molecule has 0 aliphatic carbocycles. The van der Waals surface area contributed by atoms with Crippen LogP contribution in [0, 0.1) is 13.8 Å². The van der Waals surface area contributed by atoms with E-state index in [2.05, 4.69) is 4.98 Å². The molecule has 1 aromatic heterocycles. The Morgan fingerprint density at radius 1 is 1.00 bits per heavy atom. The average molecular weight is 405 g/mol. The summed E-state index contributed by atoms with van der Waals surface area (Å²) in [5.41, 5.74) is 1.53. The van der Waals surface area contributed by atoms with E-state index in [0.29, 0.717) is 22.7 Å². The van der Waals surface area contributed by atoms with Gasteiger partial charge in [-0.15, -0.1) is 0 Å². The number of aliphatic hydroxyl groups is 1. The number of pyridine rings is 1. The van der Waals surface area contributed by atoms with Crippen molar-refractivity contribution in [3.8, 4) is 28.4 Å². The molecule has 9 nitrogen and oxygen atoms in total. The number of nitrogens with zero attached hydrogens (tertiary/aromatic N) is 1. The minimum Gasteiger partial charge on any atom is -0.496 e. The van der Waals surface area contributed by atoms with Crippen molar-refractivity contribution in [3.63, 3.8) is 0 Å².